The Morgan fingerprint density at radius 3 is 1.93 bits per heavy atom. The summed E-state index contributed by atoms with van der Waals surface area (Å²) in [6, 6.07) is 19.3. The second kappa shape index (κ2) is 23.6. The van der Waals surface area contributed by atoms with E-state index in [1.807, 2.05) is 41.1 Å². The van der Waals surface area contributed by atoms with Crippen molar-refractivity contribution in [3.05, 3.63) is 132 Å². The van der Waals surface area contributed by atoms with Crippen molar-refractivity contribution in [2.75, 3.05) is 57.3 Å². The van der Waals surface area contributed by atoms with Crippen molar-refractivity contribution in [1.82, 2.24) is 63.9 Å². The number of rotatable bonds is 5. The Morgan fingerprint density at radius 2 is 1.25 bits per heavy atom. The molecule has 2 aliphatic rings. The van der Waals surface area contributed by atoms with Gasteiger partial charge in [0.1, 0.15) is 45.9 Å². The molecule has 0 bridgehead atoms. The number of amides is 2. The number of aryl methyl sites for hydroxylation is 1. The van der Waals surface area contributed by atoms with Gasteiger partial charge in [0.2, 0.25) is 11.8 Å². The summed E-state index contributed by atoms with van der Waals surface area (Å²) in [5.74, 6) is 1.23. The van der Waals surface area contributed by atoms with Gasteiger partial charge in [-0.25, -0.2) is 52.3 Å². The van der Waals surface area contributed by atoms with Crippen LogP contribution in [-0.2, 0) is 19.6 Å². The van der Waals surface area contributed by atoms with E-state index in [1.165, 1.54) is 28.9 Å². The summed E-state index contributed by atoms with van der Waals surface area (Å²) in [7, 11) is -3.80. The van der Waals surface area contributed by atoms with Crippen molar-refractivity contribution in [3.8, 4) is 22.5 Å². The number of aromatic nitrogens is 10. The summed E-state index contributed by atoms with van der Waals surface area (Å²) in [5.41, 5.74) is 5.20. The van der Waals surface area contributed by atoms with Gasteiger partial charge in [-0.2, -0.15) is 0 Å². The van der Waals surface area contributed by atoms with E-state index >= 15 is 0 Å². The molecule has 22 heteroatoms. The summed E-state index contributed by atoms with van der Waals surface area (Å²) in [6.07, 6.45) is 13.1. The zero-order valence-electron chi connectivity index (χ0n) is 38.0. The van der Waals surface area contributed by atoms with E-state index in [1.54, 1.807) is 75.0 Å². The average Bonchev–Trinajstić information content (AvgIpc) is 3.71. The van der Waals surface area contributed by atoms with Crippen LogP contribution in [0.1, 0.15) is 32.3 Å². The number of anilines is 1. The first-order valence-corrected chi connectivity index (χ1v) is 24.5. The fourth-order valence-electron chi connectivity index (χ4n) is 7.49. The molecule has 358 valence electrons. The number of hydrogen-bond donors (Lipinski definition) is 2. The molecule has 18 nitrogen and oxygen atoms in total. The first-order chi connectivity index (χ1) is 33.3. The maximum Gasteiger partial charge on any atom is 0.269 e. The van der Waals surface area contributed by atoms with E-state index in [4.69, 9.17) is 34.8 Å². The molecule has 10 rings (SSSR count). The molecule has 69 heavy (non-hydrogen) atoms. The molecular formula is C47H49Cl3N14O4S. The molecule has 0 unspecified atom stereocenters. The fraction of sp³-hybridized carbons (Fsp3) is 0.277. The quantitative estimate of drug-likeness (QED) is 0.161. The highest BCUT2D eigenvalue weighted by molar-refractivity contribution is 7.90. The molecule has 0 atom stereocenters. The largest absolute Gasteiger partial charge is 0.355 e. The number of nitrogens with zero attached hydrogens (tertiary/aromatic N) is 12. The Hall–Kier alpha value is -6.64. The summed E-state index contributed by atoms with van der Waals surface area (Å²) >= 11 is 16.8. The number of carbonyl (C=O) groups is 2. The zero-order chi connectivity index (χ0) is 48.9. The highest BCUT2D eigenvalue weighted by atomic mass is 35.5. The molecule has 2 saturated heterocycles. The Labute approximate surface area is 414 Å². The number of nitrogens with one attached hydrogen (secondary N) is 2. The van der Waals surface area contributed by atoms with Crippen molar-refractivity contribution in [2.24, 2.45) is 0 Å². The molecule has 0 radical (unpaired) electrons. The van der Waals surface area contributed by atoms with Crippen molar-refractivity contribution < 1.29 is 18.0 Å². The molecule has 0 spiro atoms. The lowest BCUT2D eigenvalue weighted by atomic mass is 10.1. The smallest absolute Gasteiger partial charge is 0.269 e. The lowest BCUT2D eigenvalue weighted by Crippen LogP contribution is -2.33. The lowest BCUT2D eigenvalue weighted by Gasteiger charge is -2.22. The van der Waals surface area contributed by atoms with Crippen LogP contribution in [0.15, 0.2) is 115 Å². The molecule has 9 heterocycles. The van der Waals surface area contributed by atoms with E-state index in [9.17, 15) is 18.0 Å². The van der Waals surface area contributed by atoms with E-state index in [-0.39, 0.29) is 21.9 Å². The number of H-pyrrole nitrogens is 1. The topological polar surface area (TPSA) is 214 Å². The molecule has 2 fully saturated rings. The Kier molecular flexibility index (Phi) is 17.2. The van der Waals surface area contributed by atoms with Crippen molar-refractivity contribution in [3.63, 3.8) is 0 Å². The van der Waals surface area contributed by atoms with Crippen LogP contribution < -0.4 is 10.2 Å². The number of halogens is 3. The number of fused-ring (bicyclic) bond motifs is 2. The molecule has 0 aliphatic carbocycles. The van der Waals surface area contributed by atoms with Crippen LogP contribution in [0.4, 0.5) is 5.82 Å². The van der Waals surface area contributed by atoms with Crippen LogP contribution >= 0.6 is 34.8 Å². The number of hydrogen-bond acceptors (Lipinski definition) is 14. The minimum absolute atomic E-state index is 0.136. The monoisotopic (exact) mass is 1010 g/mol. The van der Waals surface area contributed by atoms with Gasteiger partial charge in [-0.05, 0) is 62.7 Å². The molecular weight excluding hydrogens is 963 g/mol. The highest BCUT2D eigenvalue weighted by Crippen LogP contribution is 2.32. The summed E-state index contributed by atoms with van der Waals surface area (Å²) in [5, 5.41) is 5.96. The Balaban J connectivity index is 0.000000151. The second-order valence-electron chi connectivity index (χ2n) is 15.7. The van der Waals surface area contributed by atoms with E-state index in [0.717, 1.165) is 98.9 Å². The molecule has 8 aromatic rings. The molecule has 2 N–H and O–H groups in total. The van der Waals surface area contributed by atoms with Crippen molar-refractivity contribution in [1.29, 1.82) is 0 Å². The van der Waals surface area contributed by atoms with Gasteiger partial charge in [0, 0.05) is 125 Å². The van der Waals surface area contributed by atoms with Gasteiger partial charge in [-0.3, -0.25) is 9.59 Å². The fourth-order valence-corrected chi connectivity index (χ4v) is 9.31. The third kappa shape index (κ3) is 13.1. The average molecular weight is 1010 g/mol. The Morgan fingerprint density at radius 1 is 0.623 bits per heavy atom. The molecule has 7 aromatic heterocycles. The van der Waals surface area contributed by atoms with Crippen LogP contribution in [-0.4, -0.2) is 131 Å². The standard InChI is InChI=1S/C18H13ClN4O2S.C18H20N6O.C7H14N2O.C4H2Cl2N2/c1-12-4-6-13(7-5-12)26(24,25)23-10-15(14-3-2-8-20-18(14)23)16-9-17(19)22-11-21-16;1-13(25)23-6-3-7-24(9-8-23)17-10-16(21-12-22-17)15-11-20-18-14(15)4-2-5-19-18;1-7(10)9-5-2-3-8-4-6-9;5-3-1-4(6)8-2-7-3/h2-11H,1H3;2,4-5,10-12H,3,6-9H2,1H3,(H,19,20);8H,2-6H2,1H3;1-2H. The first kappa shape index (κ1) is 50.2. The minimum Gasteiger partial charge on any atom is -0.355 e. The van der Waals surface area contributed by atoms with Gasteiger partial charge in [0.25, 0.3) is 10.0 Å². The highest BCUT2D eigenvalue weighted by Gasteiger charge is 2.24. The van der Waals surface area contributed by atoms with Crippen LogP contribution in [0, 0.1) is 6.92 Å². The number of aromatic amines is 1. The van der Waals surface area contributed by atoms with E-state index in [2.05, 4.69) is 55.1 Å². The maximum atomic E-state index is 13.1. The lowest BCUT2D eigenvalue weighted by molar-refractivity contribution is -0.129. The normalized spacial score (nSPS) is 14.0. The van der Waals surface area contributed by atoms with Gasteiger partial charge in [-0.15, -0.1) is 0 Å². The molecule has 0 saturated carbocycles. The van der Waals surface area contributed by atoms with Crippen LogP contribution in [0.5, 0.6) is 0 Å². The van der Waals surface area contributed by atoms with Gasteiger partial charge in [0.05, 0.1) is 16.3 Å². The van der Waals surface area contributed by atoms with Crippen LogP contribution in [0.25, 0.3) is 44.6 Å². The molecule has 2 amide bonds. The number of benzene rings is 1. The van der Waals surface area contributed by atoms with Gasteiger partial charge < -0.3 is 25.0 Å². The summed E-state index contributed by atoms with van der Waals surface area (Å²) < 4.78 is 27.4. The predicted molar refractivity (Wildman–Crippen MR) is 268 cm³/mol. The Bertz CT molecular complexity index is 3110. The van der Waals surface area contributed by atoms with Crippen molar-refractivity contribution in [2.45, 2.75) is 38.5 Å². The summed E-state index contributed by atoms with van der Waals surface area (Å²) in [4.78, 5) is 64.6. The molecule has 2 aliphatic heterocycles. The maximum absolute atomic E-state index is 13.1. The van der Waals surface area contributed by atoms with E-state index in [0.29, 0.717) is 32.6 Å². The first-order valence-electron chi connectivity index (χ1n) is 21.9. The van der Waals surface area contributed by atoms with Gasteiger partial charge in [-0.1, -0.05) is 52.5 Å². The summed E-state index contributed by atoms with van der Waals surface area (Å²) in [6.45, 7) is 12.1. The zero-order valence-corrected chi connectivity index (χ0v) is 41.1. The van der Waals surface area contributed by atoms with Crippen LogP contribution in [0.3, 0.4) is 0 Å². The third-order valence-electron chi connectivity index (χ3n) is 11.1. The third-order valence-corrected chi connectivity index (χ3v) is 13.3. The van der Waals surface area contributed by atoms with Crippen molar-refractivity contribution >= 4 is 84.5 Å². The minimum atomic E-state index is -3.80. The SMILES string of the molecule is CC(=O)N1CCCN(c2cc(-c3c[nH]c4ncccc34)ncn2)CC1.CC(=O)N1CCCNCC1.Cc1ccc(S(=O)(=O)n2cc(-c3cc(Cl)ncn3)c3cccnc32)cc1.Clc1cc(Cl)ncn1. The van der Waals surface area contributed by atoms with E-state index < -0.39 is 10.0 Å². The van der Waals surface area contributed by atoms with Gasteiger partial charge in [0.15, 0.2) is 5.65 Å². The predicted octanol–water partition coefficient (Wildman–Crippen LogP) is 7.38. The number of carbonyl (C=O) groups excluding carboxylic acids is 2. The second-order valence-corrected chi connectivity index (χ2v) is 18.7. The number of pyridine rings is 2. The molecule has 1 aromatic carbocycles. The van der Waals surface area contributed by atoms with Gasteiger partial charge >= 0.3 is 0 Å². The van der Waals surface area contributed by atoms with Crippen LogP contribution in [0.2, 0.25) is 15.5 Å².